The third-order valence-corrected chi connectivity index (χ3v) is 9.96. The van der Waals surface area contributed by atoms with Crippen molar-refractivity contribution >= 4 is 18.0 Å². The van der Waals surface area contributed by atoms with Gasteiger partial charge in [-0.2, -0.15) is 0 Å². The van der Waals surface area contributed by atoms with Gasteiger partial charge in [0.15, 0.2) is 0 Å². The van der Waals surface area contributed by atoms with Crippen LogP contribution in [0.4, 0.5) is 4.79 Å². The normalized spacial score (nSPS) is 12.8. The number of nitrogens with one attached hydrogen (secondary N) is 1. The summed E-state index contributed by atoms with van der Waals surface area (Å²) in [5, 5.41) is 3.08. The molecule has 0 aliphatic heterocycles. The average Bonchev–Trinajstić information content (AvgIpc) is 3.11. The Labute approximate surface area is 339 Å². The van der Waals surface area contributed by atoms with E-state index in [1.807, 2.05) is 12.2 Å². The van der Waals surface area contributed by atoms with E-state index in [4.69, 9.17) is 14.2 Å². The van der Waals surface area contributed by atoms with Crippen molar-refractivity contribution in [1.82, 2.24) is 10.2 Å². The van der Waals surface area contributed by atoms with Gasteiger partial charge in [-0.25, -0.2) is 4.79 Å². The van der Waals surface area contributed by atoms with Crippen LogP contribution < -0.4 is 5.32 Å². The van der Waals surface area contributed by atoms with Gasteiger partial charge in [0.2, 0.25) is 0 Å². The molecule has 8 heteroatoms. The van der Waals surface area contributed by atoms with Gasteiger partial charge >= 0.3 is 18.0 Å². The highest BCUT2D eigenvalue weighted by Gasteiger charge is 2.30. The third kappa shape index (κ3) is 37.0. The lowest BCUT2D eigenvalue weighted by molar-refractivity contribution is -0.143. The molecule has 0 rings (SSSR count). The van der Waals surface area contributed by atoms with Crippen molar-refractivity contribution in [2.24, 2.45) is 10.8 Å². The van der Waals surface area contributed by atoms with Crippen LogP contribution in [0.15, 0.2) is 24.3 Å². The minimum Gasteiger partial charge on any atom is -0.461 e. The van der Waals surface area contributed by atoms with Crippen molar-refractivity contribution in [3.8, 4) is 0 Å². The Morgan fingerprint density at radius 1 is 0.582 bits per heavy atom. The smallest absolute Gasteiger partial charge is 0.407 e. The Morgan fingerprint density at radius 2 is 1.02 bits per heavy atom. The van der Waals surface area contributed by atoms with Crippen LogP contribution in [0.3, 0.4) is 0 Å². The van der Waals surface area contributed by atoms with E-state index < -0.39 is 0 Å². The van der Waals surface area contributed by atoms with E-state index in [0.29, 0.717) is 32.6 Å². The van der Waals surface area contributed by atoms with E-state index in [1.165, 1.54) is 51.4 Å². The Bertz CT molecular complexity index is 953. The summed E-state index contributed by atoms with van der Waals surface area (Å²) in [5.74, 6) is -0.230. The predicted octanol–water partition coefficient (Wildman–Crippen LogP) is 12.7. The fourth-order valence-electron chi connectivity index (χ4n) is 7.56. The fraction of sp³-hybridized carbons (Fsp3) is 0.851. The number of amides is 1. The Morgan fingerprint density at radius 3 is 1.47 bits per heavy atom. The van der Waals surface area contributed by atoms with Gasteiger partial charge in [-0.15, -0.1) is 0 Å². The number of allylic oxidation sites excluding steroid dienone is 2. The molecule has 0 aromatic carbocycles. The Hall–Kier alpha value is -2.35. The molecular weight excluding hydrogens is 689 g/mol. The van der Waals surface area contributed by atoms with Gasteiger partial charge in [0.05, 0.1) is 0 Å². The first-order valence-electron chi connectivity index (χ1n) is 22.5. The predicted molar refractivity (Wildman–Crippen MR) is 231 cm³/mol. The van der Waals surface area contributed by atoms with Crippen molar-refractivity contribution in [2.45, 2.75) is 208 Å². The molecular formula is C47H88N2O6. The second-order valence-corrected chi connectivity index (χ2v) is 17.7. The van der Waals surface area contributed by atoms with E-state index in [-0.39, 0.29) is 35.0 Å². The molecule has 0 aromatic heterocycles. The number of nitrogens with zero attached hydrogens (tertiary/aromatic N) is 1. The Balaban J connectivity index is 4.56. The molecule has 8 nitrogen and oxygen atoms in total. The first-order valence-corrected chi connectivity index (χ1v) is 22.5. The summed E-state index contributed by atoms with van der Waals surface area (Å²) in [6.07, 6.45) is 33.3. The molecule has 55 heavy (non-hydrogen) atoms. The number of rotatable bonds is 37. The lowest BCUT2D eigenvalue weighted by Gasteiger charge is -2.36. The second kappa shape index (κ2) is 34.9. The Kier molecular flexibility index (Phi) is 33.4. The van der Waals surface area contributed by atoms with Crippen LogP contribution in [-0.2, 0) is 23.8 Å². The van der Waals surface area contributed by atoms with Gasteiger partial charge in [-0.3, -0.25) is 9.59 Å². The number of hydrogen-bond acceptors (Lipinski definition) is 7. The van der Waals surface area contributed by atoms with Gasteiger partial charge in [0.1, 0.15) is 19.3 Å². The SMILES string of the molecule is CCCCCCC=CCOC(=O)CCCCCCCC(CCCCCCCC(=O)OCC=CCCCCCC)OC(=O)NCC(C)(C)CC(C)(C)CN(C)C. The number of ether oxygens (including phenoxy) is 3. The van der Waals surface area contributed by atoms with Crippen LogP contribution in [0.1, 0.15) is 202 Å². The van der Waals surface area contributed by atoms with E-state index in [1.54, 1.807) is 0 Å². The topological polar surface area (TPSA) is 94.2 Å². The van der Waals surface area contributed by atoms with Gasteiger partial charge in [0, 0.05) is 25.9 Å². The lowest BCUT2D eigenvalue weighted by atomic mass is 9.75. The summed E-state index contributed by atoms with van der Waals surface area (Å²) in [4.78, 5) is 39.4. The molecule has 322 valence electrons. The molecule has 0 aliphatic rings. The van der Waals surface area contributed by atoms with Gasteiger partial charge in [-0.05, 0) is 95.6 Å². The van der Waals surface area contributed by atoms with Crippen LogP contribution in [0, 0.1) is 10.8 Å². The van der Waals surface area contributed by atoms with Gasteiger partial charge in [-0.1, -0.05) is 143 Å². The zero-order valence-electron chi connectivity index (χ0n) is 37.3. The van der Waals surface area contributed by atoms with Crippen LogP contribution in [-0.4, -0.2) is 69.4 Å². The molecule has 1 N–H and O–H groups in total. The maximum absolute atomic E-state index is 13.0. The average molecular weight is 777 g/mol. The maximum Gasteiger partial charge on any atom is 0.407 e. The molecule has 0 spiro atoms. The van der Waals surface area contributed by atoms with Crippen molar-refractivity contribution in [3.05, 3.63) is 24.3 Å². The van der Waals surface area contributed by atoms with E-state index in [0.717, 1.165) is 103 Å². The summed E-state index contributed by atoms with van der Waals surface area (Å²) in [6, 6.07) is 0. The zero-order chi connectivity index (χ0) is 41.0. The molecule has 0 aromatic rings. The minimum absolute atomic E-state index is 0.0535. The number of esters is 2. The summed E-state index contributed by atoms with van der Waals surface area (Å²) in [7, 11) is 4.20. The molecule has 1 amide bonds. The number of carbonyl (C=O) groups excluding carboxylic acids is 3. The number of unbranched alkanes of at least 4 members (excludes halogenated alkanes) is 16. The molecule has 0 fully saturated rings. The zero-order valence-corrected chi connectivity index (χ0v) is 37.3. The number of alkyl carbamates (subject to hydrolysis) is 1. The molecule has 0 radical (unpaired) electrons. The highest BCUT2D eigenvalue weighted by Crippen LogP contribution is 2.33. The number of carbonyl (C=O) groups is 3. The van der Waals surface area contributed by atoms with Gasteiger partial charge < -0.3 is 24.4 Å². The molecule has 0 unspecified atom stereocenters. The number of hydrogen-bond donors (Lipinski definition) is 1. The molecule has 0 saturated heterocycles. The van der Waals surface area contributed by atoms with Crippen molar-refractivity contribution in [3.63, 3.8) is 0 Å². The summed E-state index contributed by atoms with van der Waals surface area (Å²) >= 11 is 0. The standard InChI is InChI=1S/C47H88N2O6/c1-9-11-13-15-17-25-31-37-53-43(50)35-29-23-19-21-27-33-42(55-45(52)48-40-46(3,4)39-47(5,6)41-49(7)8)34-28-22-20-24-30-36-44(51)54-38-32-26-18-16-14-12-10-2/h25-26,31-32,42H,9-24,27-30,33-41H2,1-8H3,(H,48,52). The van der Waals surface area contributed by atoms with Crippen LogP contribution >= 0.6 is 0 Å². The van der Waals surface area contributed by atoms with Crippen molar-refractivity contribution < 1.29 is 28.6 Å². The van der Waals surface area contributed by atoms with E-state index in [2.05, 4.69) is 78.0 Å². The van der Waals surface area contributed by atoms with Crippen LogP contribution in [0.2, 0.25) is 0 Å². The molecule has 0 bridgehead atoms. The molecule has 0 aliphatic carbocycles. The minimum atomic E-state index is -0.321. The van der Waals surface area contributed by atoms with Crippen molar-refractivity contribution in [1.29, 1.82) is 0 Å². The summed E-state index contributed by atoms with van der Waals surface area (Å²) in [6.45, 7) is 15.7. The maximum atomic E-state index is 13.0. The lowest BCUT2D eigenvalue weighted by Crippen LogP contribution is -2.40. The second-order valence-electron chi connectivity index (χ2n) is 17.7. The van der Waals surface area contributed by atoms with Crippen molar-refractivity contribution in [2.75, 3.05) is 40.4 Å². The molecule has 0 saturated carbocycles. The first kappa shape index (κ1) is 52.6. The highest BCUT2D eigenvalue weighted by atomic mass is 16.6. The van der Waals surface area contributed by atoms with E-state index >= 15 is 0 Å². The highest BCUT2D eigenvalue weighted by molar-refractivity contribution is 5.69. The summed E-state index contributed by atoms with van der Waals surface area (Å²) < 4.78 is 16.7. The fourth-order valence-corrected chi connectivity index (χ4v) is 7.56. The van der Waals surface area contributed by atoms with Gasteiger partial charge in [0.25, 0.3) is 0 Å². The summed E-state index contributed by atoms with van der Waals surface area (Å²) in [5.41, 5.74) is 0.0823. The van der Waals surface area contributed by atoms with Crippen LogP contribution in [0.5, 0.6) is 0 Å². The van der Waals surface area contributed by atoms with E-state index in [9.17, 15) is 14.4 Å². The van der Waals surface area contributed by atoms with Crippen LogP contribution in [0.25, 0.3) is 0 Å². The largest absolute Gasteiger partial charge is 0.461 e. The molecule has 0 atom stereocenters. The molecule has 0 heterocycles. The first-order chi connectivity index (χ1) is 26.3. The third-order valence-electron chi connectivity index (χ3n) is 9.96. The quantitative estimate of drug-likeness (QED) is 0.0290. The monoisotopic (exact) mass is 777 g/mol.